The Morgan fingerprint density at radius 1 is 1.36 bits per heavy atom. The first-order valence-corrected chi connectivity index (χ1v) is 10.3. The highest BCUT2D eigenvalue weighted by Crippen LogP contribution is 2.16. The first-order chi connectivity index (χ1) is 10.3. The molecule has 0 radical (unpaired) electrons. The molecule has 0 spiro atoms. The summed E-state index contributed by atoms with van der Waals surface area (Å²) in [5.74, 6) is -0.00122. The number of hydrogen-bond acceptors (Lipinski definition) is 4. The zero-order valence-electron chi connectivity index (χ0n) is 14.3. The minimum Gasteiger partial charge on any atom is -0.336 e. The zero-order chi connectivity index (χ0) is 16.8. The monoisotopic (exact) mass is 333 g/mol. The number of carbonyl (C=O) groups is 1. The molecular formula is C15H31N3O3S. The molecule has 1 fully saturated rings. The Labute approximate surface area is 135 Å². The van der Waals surface area contributed by atoms with E-state index in [2.05, 4.69) is 17.1 Å². The number of nitrogens with one attached hydrogen (secondary N) is 1. The quantitative estimate of drug-likeness (QED) is 0.763. The lowest BCUT2D eigenvalue weighted by atomic mass is 10.0. The summed E-state index contributed by atoms with van der Waals surface area (Å²) >= 11 is 0. The van der Waals surface area contributed by atoms with Gasteiger partial charge in [-0.05, 0) is 39.8 Å². The fourth-order valence-corrected chi connectivity index (χ4v) is 4.25. The Morgan fingerprint density at radius 2 is 2.05 bits per heavy atom. The predicted octanol–water partition coefficient (Wildman–Crippen LogP) is 1.33. The van der Waals surface area contributed by atoms with Gasteiger partial charge in [0.1, 0.15) is 9.84 Å². The number of sulfone groups is 1. The first-order valence-electron chi connectivity index (χ1n) is 8.24. The lowest BCUT2D eigenvalue weighted by Crippen LogP contribution is -2.52. The van der Waals surface area contributed by atoms with Gasteiger partial charge in [0.15, 0.2) is 0 Å². The summed E-state index contributed by atoms with van der Waals surface area (Å²) in [7, 11) is -3.09. The minimum atomic E-state index is -3.09. The largest absolute Gasteiger partial charge is 0.336 e. The fourth-order valence-electron chi connectivity index (χ4n) is 3.20. The summed E-state index contributed by atoms with van der Waals surface area (Å²) in [6.07, 6.45) is 4.75. The summed E-state index contributed by atoms with van der Waals surface area (Å²) < 4.78 is 22.8. The van der Waals surface area contributed by atoms with Crippen LogP contribution in [0.15, 0.2) is 0 Å². The van der Waals surface area contributed by atoms with Gasteiger partial charge >= 0.3 is 6.03 Å². The Balaban J connectivity index is 2.54. The molecule has 0 aromatic rings. The number of hydrogen-bond donors (Lipinski definition) is 1. The summed E-state index contributed by atoms with van der Waals surface area (Å²) in [6, 6.07) is -0.0828. The highest BCUT2D eigenvalue weighted by Gasteiger charge is 2.25. The van der Waals surface area contributed by atoms with Gasteiger partial charge in [-0.1, -0.05) is 13.3 Å². The van der Waals surface area contributed by atoms with E-state index in [1.807, 2.05) is 6.92 Å². The van der Waals surface area contributed by atoms with Crippen LogP contribution in [0.25, 0.3) is 0 Å². The van der Waals surface area contributed by atoms with E-state index >= 15 is 0 Å². The average molecular weight is 333 g/mol. The molecule has 1 heterocycles. The van der Waals surface area contributed by atoms with Crippen molar-refractivity contribution in [1.29, 1.82) is 0 Å². The number of rotatable bonds is 7. The molecule has 0 saturated carbocycles. The number of amides is 2. The van der Waals surface area contributed by atoms with Crippen LogP contribution in [0.5, 0.6) is 0 Å². The van der Waals surface area contributed by atoms with E-state index in [-0.39, 0.29) is 17.8 Å². The van der Waals surface area contributed by atoms with E-state index in [4.69, 9.17) is 0 Å². The number of likely N-dealkylation sites (N-methyl/N-ethyl adjacent to an activating group) is 1. The molecular weight excluding hydrogens is 302 g/mol. The summed E-state index contributed by atoms with van der Waals surface area (Å²) in [5, 5.41) is 2.98. The molecule has 2 atom stereocenters. The minimum absolute atomic E-state index is 0.00122. The molecule has 1 aliphatic rings. The standard InChI is InChI=1S/C15H31N3O3S/c1-5-17-10-8-7-9-14(17)11-16-15(19)18(6-2)13(3)12-22(4,20)21/h13-14H,5-12H2,1-4H3,(H,16,19)/t13-,14-/m1/s1. The van der Waals surface area contributed by atoms with Crippen molar-refractivity contribution in [3.8, 4) is 0 Å². The van der Waals surface area contributed by atoms with E-state index in [0.29, 0.717) is 19.1 Å². The number of piperidine rings is 1. The van der Waals surface area contributed by atoms with Gasteiger partial charge < -0.3 is 10.2 Å². The van der Waals surface area contributed by atoms with Crippen LogP contribution in [-0.4, -0.2) is 74.5 Å². The van der Waals surface area contributed by atoms with Gasteiger partial charge in [-0.25, -0.2) is 13.2 Å². The van der Waals surface area contributed by atoms with Crippen LogP contribution >= 0.6 is 0 Å². The second kappa shape index (κ2) is 8.72. The van der Waals surface area contributed by atoms with Gasteiger partial charge in [-0.3, -0.25) is 4.90 Å². The van der Waals surface area contributed by atoms with Crippen LogP contribution < -0.4 is 5.32 Å². The summed E-state index contributed by atoms with van der Waals surface area (Å²) in [5.41, 5.74) is 0. The van der Waals surface area contributed by atoms with Gasteiger partial charge in [0.25, 0.3) is 0 Å². The van der Waals surface area contributed by atoms with Crippen molar-refractivity contribution in [3.05, 3.63) is 0 Å². The maximum Gasteiger partial charge on any atom is 0.317 e. The predicted molar refractivity (Wildman–Crippen MR) is 89.8 cm³/mol. The van der Waals surface area contributed by atoms with Gasteiger partial charge in [0.2, 0.25) is 0 Å². The van der Waals surface area contributed by atoms with Gasteiger partial charge in [0, 0.05) is 31.4 Å². The van der Waals surface area contributed by atoms with Crippen molar-refractivity contribution >= 4 is 15.9 Å². The Morgan fingerprint density at radius 3 is 2.59 bits per heavy atom. The molecule has 22 heavy (non-hydrogen) atoms. The molecule has 0 bridgehead atoms. The summed E-state index contributed by atoms with van der Waals surface area (Å²) in [6.45, 7) is 9.04. The molecule has 1 N–H and O–H groups in total. The van der Waals surface area contributed by atoms with Crippen LogP contribution in [0.1, 0.15) is 40.0 Å². The average Bonchev–Trinajstić information content (AvgIpc) is 2.44. The Bertz CT molecular complexity index is 453. The van der Waals surface area contributed by atoms with Crippen molar-refractivity contribution in [2.45, 2.75) is 52.1 Å². The van der Waals surface area contributed by atoms with E-state index < -0.39 is 9.84 Å². The third-order valence-electron chi connectivity index (χ3n) is 4.32. The maximum atomic E-state index is 12.3. The lowest BCUT2D eigenvalue weighted by Gasteiger charge is -2.36. The van der Waals surface area contributed by atoms with Crippen molar-refractivity contribution < 1.29 is 13.2 Å². The Hall–Kier alpha value is -0.820. The highest BCUT2D eigenvalue weighted by atomic mass is 32.2. The van der Waals surface area contributed by atoms with Crippen molar-refractivity contribution in [3.63, 3.8) is 0 Å². The molecule has 0 unspecified atom stereocenters. The van der Waals surface area contributed by atoms with Crippen LogP contribution in [0.3, 0.4) is 0 Å². The highest BCUT2D eigenvalue weighted by molar-refractivity contribution is 7.90. The molecule has 1 rings (SSSR count). The van der Waals surface area contributed by atoms with Gasteiger partial charge in [-0.2, -0.15) is 0 Å². The van der Waals surface area contributed by atoms with Crippen LogP contribution in [0, 0.1) is 0 Å². The second-order valence-corrected chi connectivity index (χ2v) is 8.38. The van der Waals surface area contributed by atoms with Crippen LogP contribution in [-0.2, 0) is 9.84 Å². The third-order valence-corrected chi connectivity index (χ3v) is 5.41. The number of urea groups is 1. The topological polar surface area (TPSA) is 69.7 Å². The third kappa shape index (κ3) is 6.12. The molecule has 0 aromatic heterocycles. The maximum absolute atomic E-state index is 12.3. The molecule has 6 nitrogen and oxygen atoms in total. The van der Waals surface area contributed by atoms with E-state index in [1.54, 1.807) is 11.8 Å². The van der Waals surface area contributed by atoms with Crippen LogP contribution in [0.4, 0.5) is 4.79 Å². The van der Waals surface area contributed by atoms with E-state index in [9.17, 15) is 13.2 Å². The first kappa shape index (κ1) is 19.2. The second-order valence-electron chi connectivity index (χ2n) is 6.19. The Kier molecular flexibility index (Phi) is 7.62. The van der Waals surface area contributed by atoms with Crippen molar-refractivity contribution in [2.24, 2.45) is 0 Å². The normalized spacial score (nSPS) is 21.4. The van der Waals surface area contributed by atoms with Crippen molar-refractivity contribution in [1.82, 2.24) is 15.1 Å². The van der Waals surface area contributed by atoms with E-state index in [0.717, 1.165) is 19.5 Å². The molecule has 1 aliphatic heterocycles. The molecule has 2 amide bonds. The molecule has 0 aromatic carbocycles. The van der Waals surface area contributed by atoms with E-state index in [1.165, 1.54) is 19.1 Å². The number of nitrogens with zero attached hydrogens (tertiary/aromatic N) is 2. The fraction of sp³-hybridized carbons (Fsp3) is 0.933. The van der Waals surface area contributed by atoms with Gasteiger partial charge in [0.05, 0.1) is 5.75 Å². The molecule has 0 aliphatic carbocycles. The lowest BCUT2D eigenvalue weighted by molar-refractivity contribution is 0.146. The smallest absolute Gasteiger partial charge is 0.317 e. The van der Waals surface area contributed by atoms with Gasteiger partial charge in [-0.15, -0.1) is 0 Å². The molecule has 7 heteroatoms. The molecule has 130 valence electrons. The SMILES string of the molecule is CCN1CCCC[C@@H]1CNC(=O)N(CC)[C@H](C)CS(C)(=O)=O. The molecule has 1 saturated heterocycles. The van der Waals surface area contributed by atoms with Crippen molar-refractivity contribution in [2.75, 3.05) is 38.2 Å². The van der Waals surface area contributed by atoms with Crippen LogP contribution in [0.2, 0.25) is 0 Å². The summed E-state index contributed by atoms with van der Waals surface area (Å²) in [4.78, 5) is 16.3. The number of likely N-dealkylation sites (tertiary alicyclic amines) is 1. The zero-order valence-corrected chi connectivity index (χ0v) is 15.2. The number of carbonyl (C=O) groups excluding carboxylic acids is 1.